The number of hydrogen-bond donors (Lipinski definition) is 6. The summed E-state index contributed by atoms with van der Waals surface area (Å²) in [6, 6.07) is 3.10. The molecule has 21 nitrogen and oxygen atoms in total. The number of nitrogens with one attached hydrogen (secondary N) is 4. The zero-order valence-electron chi connectivity index (χ0n) is 32.4. The van der Waals surface area contributed by atoms with E-state index in [1.807, 2.05) is 0 Å². The number of azide groups is 1. The fourth-order valence-corrected chi connectivity index (χ4v) is 4.57. The van der Waals surface area contributed by atoms with Gasteiger partial charge in [-0.3, -0.25) is 14.4 Å². The molecule has 3 unspecified atom stereocenters. The van der Waals surface area contributed by atoms with Crippen molar-refractivity contribution >= 4 is 35.4 Å². The molecule has 0 heterocycles. The first-order valence-corrected chi connectivity index (χ1v) is 18.3. The van der Waals surface area contributed by atoms with E-state index in [-0.39, 0.29) is 50.6 Å². The van der Waals surface area contributed by atoms with Crippen LogP contribution in [0.4, 0.5) is 10.5 Å². The maximum absolute atomic E-state index is 13.4. The fraction of sp³-hybridized carbons (Fsp3) is 0.686. The summed E-state index contributed by atoms with van der Waals surface area (Å²) in [5.41, 5.74) is 13.9. The van der Waals surface area contributed by atoms with Gasteiger partial charge in [0.05, 0.1) is 86.4 Å². The second kappa shape index (κ2) is 31.6. The van der Waals surface area contributed by atoms with Crippen molar-refractivity contribution in [3.63, 3.8) is 0 Å². The van der Waals surface area contributed by atoms with Crippen LogP contribution in [0.15, 0.2) is 29.4 Å². The zero-order chi connectivity index (χ0) is 41.4. The van der Waals surface area contributed by atoms with Crippen LogP contribution in [0.25, 0.3) is 10.4 Å². The van der Waals surface area contributed by atoms with Gasteiger partial charge in [-0.25, -0.2) is 9.59 Å². The molecular formula is C35H58N8O13. The number of aliphatic hydroxyl groups excluding tert-OH is 1. The van der Waals surface area contributed by atoms with Gasteiger partial charge in [0.2, 0.25) is 17.7 Å². The predicted octanol–water partition coefficient (Wildman–Crippen LogP) is 0.706. The van der Waals surface area contributed by atoms with Crippen LogP contribution in [0.1, 0.15) is 44.8 Å². The molecule has 56 heavy (non-hydrogen) atoms. The SMILES string of the molecule is COC(=O)C(O)c1ccc(NC(=O)C(CCCNC(N)=O)NC(=O)C(NC(=O)CCOCCOCCOCCOCCOCCOCCN=[N+]=[N-])C(C)C)cc1. The molecule has 0 fully saturated rings. The van der Waals surface area contributed by atoms with Crippen LogP contribution in [-0.4, -0.2) is 146 Å². The molecule has 0 saturated heterocycles. The van der Waals surface area contributed by atoms with Crippen molar-refractivity contribution in [2.45, 2.75) is 51.3 Å². The average Bonchev–Trinajstić information content (AvgIpc) is 3.18. The lowest BCUT2D eigenvalue weighted by molar-refractivity contribution is -0.150. The van der Waals surface area contributed by atoms with Crippen LogP contribution < -0.4 is 27.0 Å². The Balaban J connectivity index is 2.37. The number of urea groups is 1. The van der Waals surface area contributed by atoms with E-state index in [1.165, 1.54) is 24.3 Å². The van der Waals surface area contributed by atoms with Crippen molar-refractivity contribution in [1.29, 1.82) is 0 Å². The van der Waals surface area contributed by atoms with Crippen LogP contribution in [-0.2, 0) is 52.3 Å². The quantitative estimate of drug-likeness (QED) is 0.0188. The number of anilines is 1. The Kier molecular flexibility index (Phi) is 27.9. The topological polar surface area (TPSA) is 293 Å². The largest absolute Gasteiger partial charge is 0.467 e. The molecule has 5 amide bonds. The highest BCUT2D eigenvalue weighted by Crippen LogP contribution is 2.18. The standard InChI is InChI=1S/C35H58N8O13/c1-25(2)30(42-29(44)10-13-51-15-17-53-19-21-55-23-24-56-22-20-54-18-16-52-14-12-39-43-37)33(47)41-28(5-4-11-38-35(36)49)32(46)40-27-8-6-26(7-9-27)31(45)34(48)50-3/h6-9,25,28,30-31,45H,4-5,10-24H2,1-3H3,(H,40,46)(H,41,47)(H,42,44)(H3,36,38,49). The minimum Gasteiger partial charge on any atom is -0.467 e. The normalized spacial score (nSPS) is 12.5. The second-order valence-corrected chi connectivity index (χ2v) is 12.2. The van der Waals surface area contributed by atoms with Gasteiger partial charge in [-0.05, 0) is 42.0 Å². The van der Waals surface area contributed by atoms with E-state index in [0.29, 0.717) is 78.2 Å². The number of carbonyl (C=O) groups excluding carboxylic acids is 5. The number of methoxy groups -OCH3 is 1. The highest BCUT2D eigenvalue weighted by atomic mass is 16.6. The molecule has 0 aliphatic carbocycles. The lowest BCUT2D eigenvalue weighted by Crippen LogP contribution is -2.54. The number of nitrogens with two attached hydrogens (primary N) is 1. The molecule has 3 atom stereocenters. The summed E-state index contributed by atoms with van der Waals surface area (Å²) >= 11 is 0. The summed E-state index contributed by atoms with van der Waals surface area (Å²) in [5.74, 6) is -2.73. The molecule has 0 bridgehead atoms. The van der Waals surface area contributed by atoms with Gasteiger partial charge < -0.3 is 65.3 Å². The third-order valence-corrected chi connectivity index (χ3v) is 7.52. The molecule has 316 valence electrons. The second-order valence-electron chi connectivity index (χ2n) is 12.2. The highest BCUT2D eigenvalue weighted by Gasteiger charge is 2.29. The Labute approximate surface area is 326 Å². The third kappa shape index (κ3) is 24.0. The minimum atomic E-state index is -1.49. The minimum absolute atomic E-state index is 0.0132. The number of hydrogen-bond acceptors (Lipinski definition) is 14. The van der Waals surface area contributed by atoms with Crippen molar-refractivity contribution in [1.82, 2.24) is 16.0 Å². The Morgan fingerprint density at radius 3 is 1.79 bits per heavy atom. The maximum Gasteiger partial charge on any atom is 0.339 e. The molecule has 21 heteroatoms. The van der Waals surface area contributed by atoms with Gasteiger partial charge in [0.25, 0.3) is 0 Å². The molecule has 0 radical (unpaired) electrons. The molecule has 7 N–H and O–H groups in total. The van der Waals surface area contributed by atoms with Crippen LogP contribution in [0.2, 0.25) is 0 Å². The van der Waals surface area contributed by atoms with Crippen molar-refractivity contribution < 1.29 is 62.2 Å². The van der Waals surface area contributed by atoms with Gasteiger partial charge in [-0.2, -0.15) is 0 Å². The number of nitrogens with zero attached hydrogens (tertiary/aromatic N) is 3. The van der Waals surface area contributed by atoms with E-state index in [4.69, 9.17) is 39.7 Å². The summed E-state index contributed by atoms with van der Waals surface area (Å²) in [5, 5.41) is 23.9. The van der Waals surface area contributed by atoms with Crippen molar-refractivity contribution in [2.24, 2.45) is 16.8 Å². The van der Waals surface area contributed by atoms with Crippen molar-refractivity contribution in [3.05, 3.63) is 40.3 Å². The summed E-state index contributed by atoms with van der Waals surface area (Å²) < 4.78 is 36.9. The van der Waals surface area contributed by atoms with Crippen molar-refractivity contribution in [2.75, 3.05) is 105 Å². The fourth-order valence-electron chi connectivity index (χ4n) is 4.57. The maximum atomic E-state index is 13.4. The number of benzene rings is 1. The summed E-state index contributed by atoms with van der Waals surface area (Å²) in [6.45, 7) is 8.15. The number of ether oxygens (including phenoxy) is 7. The van der Waals surface area contributed by atoms with E-state index in [9.17, 15) is 29.1 Å². The summed E-state index contributed by atoms with van der Waals surface area (Å²) in [6.07, 6.45) is -1.08. The number of primary amides is 1. The van der Waals surface area contributed by atoms with Crippen molar-refractivity contribution in [3.8, 4) is 0 Å². The first kappa shape index (κ1) is 49.4. The third-order valence-electron chi connectivity index (χ3n) is 7.52. The van der Waals surface area contributed by atoms with Gasteiger partial charge in [0.1, 0.15) is 12.1 Å². The molecule has 1 aromatic carbocycles. The molecule has 1 aromatic rings. The molecule has 0 aromatic heterocycles. The highest BCUT2D eigenvalue weighted by molar-refractivity contribution is 5.98. The zero-order valence-corrected chi connectivity index (χ0v) is 32.4. The lowest BCUT2D eigenvalue weighted by atomic mass is 10.0. The number of esters is 1. The Hall–Kier alpha value is -4.60. The Bertz CT molecular complexity index is 1330. The van der Waals surface area contributed by atoms with E-state index in [0.717, 1.165) is 7.11 Å². The first-order valence-electron chi connectivity index (χ1n) is 18.3. The first-order chi connectivity index (χ1) is 27.0. The van der Waals surface area contributed by atoms with E-state index in [2.05, 4.69) is 36.0 Å². The number of carbonyl (C=O) groups is 5. The summed E-state index contributed by atoms with van der Waals surface area (Å²) in [7, 11) is 1.15. The molecule has 0 saturated carbocycles. The van der Waals surface area contributed by atoms with Crippen LogP contribution in [0.3, 0.4) is 0 Å². The molecule has 1 rings (SSSR count). The Morgan fingerprint density at radius 2 is 1.30 bits per heavy atom. The van der Waals surface area contributed by atoms with E-state index < -0.39 is 47.9 Å². The van der Waals surface area contributed by atoms with Crippen LogP contribution in [0.5, 0.6) is 0 Å². The van der Waals surface area contributed by atoms with Crippen LogP contribution in [0, 0.1) is 5.92 Å². The van der Waals surface area contributed by atoms with Crippen LogP contribution >= 0.6 is 0 Å². The van der Waals surface area contributed by atoms with Gasteiger partial charge in [0.15, 0.2) is 6.10 Å². The Morgan fingerprint density at radius 1 is 0.786 bits per heavy atom. The lowest BCUT2D eigenvalue weighted by Gasteiger charge is -2.25. The number of amides is 5. The van der Waals surface area contributed by atoms with Gasteiger partial charge in [-0.15, -0.1) is 0 Å². The monoisotopic (exact) mass is 798 g/mol. The van der Waals surface area contributed by atoms with E-state index >= 15 is 0 Å². The van der Waals surface area contributed by atoms with E-state index in [1.54, 1.807) is 13.8 Å². The van der Waals surface area contributed by atoms with Gasteiger partial charge in [-0.1, -0.05) is 31.1 Å². The van der Waals surface area contributed by atoms with Gasteiger partial charge in [0, 0.05) is 30.1 Å². The molecule has 0 spiro atoms. The smallest absolute Gasteiger partial charge is 0.339 e. The number of aliphatic hydroxyl groups is 1. The molecular weight excluding hydrogens is 740 g/mol. The molecule has 0 aliphatic rings. The predicted molar refractivity (Wildman–Crippen MR) is 201 cm³/mol. The average molecular weight is 799 g/mol. The number of rotatable bonds is 33. The van der Waals surface area contributed by atoms with Gasteiger partial charge >= 0.3 is 12.0 Å². The summed E-state index contributed by atoms with van der Waals surface area (Å²) in [4.78, 5) is 64.7. The molecule has 0 aliphatic heterocycles.